The van der Waals surface area contributed by atoms with Crippen LogP contribution in [0, 0.1) is 7.43 Å². The summed E-state index contributed by atoms with van der Waals surface area (Å²) >= 11 is -1.49. The molecule has 3 heteroatoms. The van der Waals surface area contributed by atoms with Gasteiger partial charge in [0.1, 0.15) is 0 Å². The SMILES string of the molecule is C1CCCC1.C1CCCC1.[CH2]=[V]([Cl])[Cl].[CH3-]. The smallest absolute Gasteiger partial charge is 0.358 e. The van der Waals surface area contributed by atoms with Crippen molar-refractivity contribution in [2.75, 3.05) is 0 Å². The molecule has 0 aromatic heterocycles. The molecular formula is C12H25Cl2V-. The van der Waals surface area contributed by atoms with Crippen LogP contribution in [0.2, 0.25) is 0 Å². The molecule has 0 aromatic rings. The molecule has 0 bridgehead atoms. The molecule has 2 aliphatic carbocycles. The average Bonchev–Trinajstić information content (AvgIpc) is 2.83. The Morgan fingerprint density at radius 1 is 0.600 bits per heavy atom. The van der Waals surface area contributed by atoms with Crippen LogP contribution in [0.4, 0.5) is 0 Å². The summed E-state index contributed by atoms with van der Waals surface area (Å²) < 4.78 is 0. The van der Waals surface area contributed by atoms with Crippen molar-refractivity contribution in [3.05, 3.63) is 7.43 Å². The normalized spacial score (nSPS) is 17.7. The zero-order valence-corrected chi connectivity index (χ0v) is 12.9. The minimum atomic E-state index is -1.49. The zero-order chi connectivity index (χ0) is 10.6. The van der Waals surface area contributed by atoms with Crippen LogP contribution in [0.3, 0.4) is 0 Å². The standard InChI is InChI=1S/2C5H10.CH3.CH2.2ClH.V/c2*1-2-4-5-3-1;;;;;/h2*1-5H2;1H3;1H2;2*1H;/q;;-1;;;;+2/p-2. The molecular weight excluding hydrogens is 266 g/mol. The van der Waals surface area contributed by atoms with Gasteiger partial charge in [-0.15, -0.1) is 0 Å². The number of hydrogen-bond acceptors (Lipinski definition) is 0. The Labute approximate surface area is 109 Å². The van der Waals surface area contributed by atoms with Gasteiger partial charge < -0.3 is 7.43 Å². The molecule has 0 radical (unpaired) electrons. The molecule has 0 amide bonds. The first-order chi connectivity index (χ1) is 6.73. The van der Waals surface area contributed by atoms with Crippen LogP contribution in [0.15, 0.2) is 0 Å². The van der Waals surface area contributed by atoms with Crippen molar-refractivity contribution in [2.24, 2.45) is 0 Å². The van der Waals surface area contributed by atoms with Crippen molar-refractivity contribution in [1.82, 2.24) is 0 Å². The Kier molecular flexibility index (Phi) is 18.4. The van der Waals surface area contributed by atoms with Crippen molar-refractivity contribution in [3.63, 3.8) is 0 Å². The molecule has 0 unspecified atom stereocenters. The second-order valence-corrected chi connectivity index (χ2v) is 8.86. The Balaban J connectivity index is 0. The van der Waals surface area contributed by atoms with Gasteiger partial charge in [-0.1, -0.05) is 64.2 Å². The quantitative estimate of drug-likeness (QED) is 0.502. The summed E-state index contributed by atoms with van der Waals surface area (Å²) in [4.78, 5) is 0. The van der Waals surface area contributed by atoms with Gasteiger partial charge in [0.25, 0.3) is 0 Å². The van der Waals surface area contributed by atoms with E-state index in [2.05, 4.69) is 5.23 Å². The Bertz CT molecular complexity index is 100. The maximum absolute atomic E-state index is 5.07. The van der Waals surface area contributed by atoms with Crippen LogP contribution in [0.25, 0.3) is 0 Å². The van der Waals surface area contributed by atoms with E-state index in [1.54, 1.807) is 0 Å². The predicted molar refractivity (Wildman–Crippen MR) is 71.4 cm³/mol. The van der Waals surface area contributed by atoms with E-state index >= 15 is 0 Å². The minimum absolute atomic E-state index is 0. The van der Waals surface area contributed by atoms with E-state index in [-0.39, 0.29) is 7.43 Å². The summed E-state index contributed by atoms with van der Waals surface area (Å²) in [5.74, 6) is 0. The van der Waals surface area contributed by atoms with Gasteiger partial charge in [-0.05, 0) is 0 Å². The van der Waals surface area contributed by atoms with Crippen LogP contribution >= 0.6 is 19.7 Å². The van der Waals surface area contributed by atoms with Crippen LogP contribution in [0.1, 0.15) is 64.2 Å². The second-order valence-electron chi connectivity index (χ2n) is 3.84. The fourth-order valence-electron chi connectivity index (χ4n) is 1.77. The van der Waals surface area contributed by atoms with Gasteiger partial charge in [-0.2, -0.15) is 0 Å². The third-order valence-corrected chi connectivity index (χ3v) is 2.50. The van der Waals surface area contributed by atoms with E-state index < -0.39 is 12.8 Å². The first-order valence-electron chi connectivity index (χ1n) is 5.65. The third-order valence-electron chi connectivity index (χ3n) is 2.50. The molecule has 0 heterocycles. The topological polar surface area (TPSA) is 0 Å². The zero-order valence-electron chi connectivity index (χ0n) is 9.98. The van der Waals surface area contributed by atoms with E-state index in [4.69, 9.17) is 19.7 Å². The maximum Gasteiger partial charge on any atom is -0.358 e. The average molecular weight is 291 g/mol. The minimum Gasteiger partial charge on any atom is -0.358 e. The van der Waals surface area contributed by atoms with Gasteiger partial charge >= 0.3 is 37.7 Å². The van der Waals surface area contributed by atoms with Crippen LogP contribution < -0.4 is 0 Å². The van der Waals surface area contributed by atoms with Crippen molar-refractivity contribution >= 4 is 24.9 Å². The molecule has 0 spiro atoms. The second kappa shape index (κ2) is 15.0. The molecule has 0 N–H and O–H groups in total. The molecule has 0 saturated heterocycles. The predicted octanol–water partition coefficient (Wildman–Crippen LogP) is 5.70. The van der Waals surface area contributed by atoms with Crippen molar-refractivity contribution < 1.29 is 12.8 Å². The molecule has 0 aliphatic heterocycles. The first-order valence-corrected chi connectivity index (χ1v) is 10.5. The molecule has 15 heavy (non-hydrogen) atoms. The Hall–Kier alpha value is 1.03. The van der Waals surface area contributed by atoms with Gasteiger partial charge in [0.2, 0.25) is 0 Å². The van der Waals surface area contributed by atoms with Crippen molar-refractivity contribution in [1.29, 1.82) is 0 Å². The Morgan fingerprint density at radius 3 is 0.733 bits per heavy atom. The molecule has 0 nitrogen and oxygen atoms in total. The third kappa shape index (κ3) is 21.0. The first kappa shape index (κ1) is 18.4. The Morgan fingerprint density at radius 2 is 0.667 bits per heavy atom. The van der Waals surface area contributed by atoms with Crippen molar-refractivity contribution in [2.45, 2.75) is 64.2 Å². The largest absolute Gasteiger partial charge is 0.358 e. The van der Waals surface area contributed by atoms with Gasteiger partial charge in [0, 0.05) is 0 Å². The summed E-state index contributed by atoms with van der Waals surface area (Å²) in [5.41, 5.74) is 0. The number of rotatable bonds is 0. The molecule has 0 aromatic carbocycles. The van der Waals surface area contributed by atoms with Crippen molar-refractivity contribution in [3.8, 4) is 0 Å². The molecule has 0 atom stereocenters. The fraction of sp³-hybridized carbons (Fsp3) is 0.833. The summed E-state index contributed by atoms with van der Waals surface area (Å²) in [6.07, 6.45) is 15.0. The maximum atomic E-state index is 5.07. The van der Waals surface area contributed by atoms with E-state index in [9.17, 15) is 0 Å². The molecule has 2 fully saturated rings. The molecule has 93 valence electrons. The monoisotopic (exact) mass is 290 g/mol. The van der Waals surface area contributed by atoms with E-state index in [1.807, 2.05) is 0 Å². The van der Waals surface area contributed by atoms with Crippen LogP contribution in [-0.4, -0.2) is 5.23 Å². The summed E-state index contributed by atoms with van der Waals surface area (Å²) in [6.45, 7) is 0. The summed E-state index contributed by atoms with van der Waals surface area (Å²) in [5, 5.41) is 3.32. The number of halogens is 2. The van der Waals surface area contributed by atoms with E-state index in [0.29, 0.717) is 0 Å². The summed E-state index contributed by atoms with van der Waals surface area (Å²) in [6, 6.07) is 0. The van der Waals surface area contributed by atoms with E-state index in [1.165, 1.54) is 64.2 Å². The molecule has 2 aliphatic rings. The van der Waals surface area contributed by atoms with Gasteiger partial charge in [0.15, 0.2) is 0 Å². The summed E-state index contributed by atoms with van der Waals surface area (Å²) in [7, 11) is 10.1. The molecule has 2 saturated carbocycles. The van der Waals surface area contributed by atoms with Gasteiger partial charge in [0.05, 0.1) is 0 Å². The van der Waals surface area contributed by atoms with Crippen LogP contribution in [-0.2, 0) is 12.8 Å². The molecule has 2 rings (SSSR count). The fourth-order valence-corrected chi connectivity index (χ4v) is 1.77. The van der Waals surface area contributed by atoms with Gasteiger partial charge in [-0.25, -0.2) is 0 Å². The van der Waals surface area contributed by atoms with E-state index in [0.717, 1.165) is 0 Å². The number of hydrogen-bond donors (Lipinski definition) is 0. The van der Waals surface area contributed by atoms with Gasteiger partial charge in [-0.3, -0.25) is 0 Å². The van der Waals surface area contributed by atoms with Crippen LogP contribution in [0.5, 0.6) is 0 Å².